The first-order valence-electron chi connectivity index (χ1n) is 8.30. The van der Waals surface area contributed by atoms with Crippen LogP contribution in [-0.4, -0.2) is 46.4 Å². The molecule has 0 unspecified atom stereocenters. The summed E-state index contributed by atoms with van der Waals surface area (Å²) in [5.74, 6) is -0.195. The number of nitrogens with zero attached hydrogens (tertiary/aromatic N) is 3. The fourth-order valence-electron chi connectivity index (χ4n) is 2.90. The molecule has 0 aliphatic carbocycles. The van der Waals surface area contributed by atoms with Crippen LogP contribution in [-0.2, 0) is 11.2 Å². The Hall–Kier alpha value is -2.48. The van der Waals surface area contributed by atoms with Crippen LogP contribution in [0.5, 0.6) is 0 Å². The number of pyridine rings is 1. The molecule has 2 aromatic heterocycles. The van der Waals surface area contributed by atoms with Crippen LogP contribution in [0.15, 0.2) is 29.9 Å². The molecule has 1 atom stereocenters. The fraction of sp³-hybridized carbons (Fsp3) is 0.412. The van der Waals surface area contributed by atoms with Gasteiger partial charge in [0.1, 0.15) is 5.01 Å². The summed E-state index contributed by atoms with van der Waals surface area (Å²) >= 11 is 1.58. The van der Waals surface area contributed by atoms with E-state index < -0.39 is 6.03 Å². The van der Waals surface area contributed by atoms with Crippen LogP contribution in [0.4, 0.5) is 4.79 Å². The van der Waals surface area contributed by atoms with Crippen molar-refractivity contribution < 1.29 is 9.59 Å². The Bertz CT molecular complexity index is 734. The van der Waals surface area contributed by atoms with E-state index in [2.05, 4.69) is 15.3 Å². The smallest absolute Gasteiger partial charge is 0.314 e. The Morgan fingerprint density at radius 3 is 2.92 bits per heavy atom. The van der Waals surface area contributed by atoms with E-state index in [1.54, 1.807) is 23.7 Å². The number of thiazole rings is 1. The van der Waals surface area contributed by atoms with Gasteiger partial charge in [0.05, 0.1) is 11.6 Å². The van der Waals surface area contributed by atoms with Crippen LogP contribution in [0, 0.1) is 5.92 Å². The second kappa shape index (κ2) is 8.06. The van der Waals surface area contributed by atoms with Gasteiger partial charge in [-0.25, -0.2) is 9.78 Å². The maximum atomic E-state index is 12.3. The van der Waals surface area contributed by atoms with Crippen molar-refractivity contribution in [1.29, 1.82) is 0 Å². The van der Waals surface area contributed by atoms with E-state index in [1.165, 1.54) is 4.90 Å². The molecule has 0 saturated carbocycles. The predicted octanol–water partition coefficient (Wildman–Crippen LogP) is 1.65. The lowest BCUT2D eigenvalue weighted by Gasteiger charge is -2.30. The first kappa shape index (κ1) is 17.3. The number of amides is 3. The second-order valence-corrected chi connectivity index (χ2v) is 6.90. The number of nitrogens with one attached hydrogen (secondary N) is 1. The summed E-state index contributed by atoms with van der Waals surface area (Å²) in [6, 6.07) is 3.40. The van der Waals surface area contributed by atoms with Gasteiger partial charge in [0.25, 0.3) is 0 Å². The van der Waals surface area contributed by atoms with Gasteiger partial charge in [-0.15, -0.1) is 11.3 Å². The number of carbonyl (C=O) groups is 2. The van der Waals surface area contributed by atoms with Crippen LogP contribution in [0.2, 0.25) is 0 Å². The highest BCUT2D eigenvalue weighted by molar-refractivity contribution is 7.13. The number of nitrogens with two attached hydrogens (primary N) is 1. The average Bonchev–Trinajstić information content (AvgIpc) is 3.11. The third-order valence-electron chi connectivity index (χ3n) is 4.26. The summed E-state index contributed by atoms with van der Waals surface area (Å²) in [5, 5.41) is 5.91. The molecule has 3 heterocycles. The minimum atomic E-state index is -0.455. The Kier molecular flexibility index (Phi) is 5.60. The lowest BCUT2D eigenvalue weighted by Crippen LogP contribution is -2.47. The molecule has 3 amide bonds. The van der Waals surface area contributed by atoms with E-state index in [1.807, 2.05) is 17.5 Å². The zero-order valence-electron chi connectivity index (χ0n) is 13.9. The molecule has 1 fully saturated rings. The number of aromatic nitrogens is 2. The van der Waals surface area contributed by atoms with Crippen LogP contribution >= 0.6 is 11.3 Å². The second-order valence-electron chi connectivity index (χ2n) is 6.04. The summed E-state index contributed by atoms with van der Waals surface area (Å²) in [6.45, 7) is 1.57. The van der Waals surface area contributed by atoms with Crippen molar-refractivity contribution in [3.05, 3.63) is 35.6 Å². The third-order valence-corrected chi connectivity index (χ3v) is 5.20. The molecule has 1 aliphatic rings. The normalized spacial score (nSPS) is 17.3. The number of hydrogen-bond acceptors (Lipinski definition) is 5. The summed E-state index contributed by atoms with van der Waals surface area (Å²) in [7, 11) is 0. The highest BCUT2D eigenvalue weighted by atomic mass is 32.1. The zero-order valence-corrected chi connectivity index (χ0v) is 14.7. The van der Waals surface area contributed by atoms with Gasteiger partial charge in [0, 0.05) is 49.4 Å². The Morgan fingerprint density at radius 2 is 2.16 bits per heavy atom. The summed E-state index contributed by atoms with van der Waals surface area (Å²) < 4.78 is 0. The standard InChI is InChI=1S/C17H21N5O2S/c18-17(24)22-9-1-2-13(10-22)15(23)20-8-5-14-11-25-16(21-14)12-3-6-19-7-4-12/h3-4,6-7,11,13H,1-2,5,8-10H2,(H2,18,24)(H,20,23)/t13-/m0/s1. The Labute approximate surface area is 150 Å². The minimum absolute atomic E-state index is 0.0180. The van der Waals surface area contributed by atoms with Crippen molar-refractivity contribution >= 4 is 23.3 Å². The third kappa shape index (κ3) is 4.54. The molecule has 1 saturated heterocycles. The molecule has 7 nitrogen and oxygen atoms in total. The molecule has 0 radical (unpaired) electrons. The predicted molar refractivity (Wildman–Crippen MR) is 95.9 cm³/mol. The van der Waals surface area contributed by atoms with Crippen molar-refractivity contribution in [1.82, 2.24) is 20.2 Å². The SMILES string of the molecule is NC(=O)N1CCC[C@H](C(=O)NCCc2csc(-c3ccncc3)n2)C1. The van der Waals surface area contributed by atoms with E-state index in [-0.39, 0.29) is 11.8 Å². The van der Waals surface area contributed by atoms with Crippen molar-refractivity contribution in [3.63, 3.8) is 0 Å². The monoisotopic (exact) mass is 359 g/mol. The topological polar surface area (TPSA) is 101 Å². The molecule has 1 aliphatic heterocycles. The number of hydrogen-bond donors (Lipinski definition) is 2. The summed E-state index contributed by atoms with van der Waals surface area (Å²) in [5.41, 5.74) is 7.30. The molecule has 0 aromatic carbocycles. The zero-order chi connectivity index (χ0) is 17.6. The number of primary amides is 1. The lowest BCUT2D eigenvalue weighted by atomic mass is 9.97. The fourth-order valence-corrected chi connectivity index (χ4v) is 3.76. The van der Waals surface area contributed by atoms with Gasteiger partial charge in [-0.3, -0.25) is 9.78 Å². The lowest BCUT2D eigenvalue weighted by molar-refractivity contribution is -0.126. The van der Waals surface area contributed by atoms with Gasteiger partial charge in [-0.1, -0.05) is 0 Å². The Balaban J connectivity index is 1.47. The molecule has 0 bridgehead atoms. The molecule has 3 rings (SSSR count). The van der Waals surface area contributed by atoms with Crippen molar-refractivity contribution in [2.45, 2.75) is 19.3 Å². The molecular formula is C17H21N5O2S. The molecule has 132 valence electrons. The van der Waals surface area contributed by atoms with Crippen LogP contribution in [0.1, 0.15) is 18.5 Å². The largest absolute Gasteiger partial charge is 0.355 e. The highest BCUT2D eigenvalue weighted by Crippen LogP contribution is 2.23. The van der Waals surface area contributed by atoms with E-state index >= 15 is 0 Å². The van der Waals surface area contributed by atoms with E-state index in [4.69, 9.17) is 5.73 Å². The molecule has 25 heavy (non-hydrogen) atoms. The van der Waals surface area contributed by atoms with E-state index in [0.717, 1.165) is 29.1 Å². The maximum absolute atomic E-state index is 12.3. The van der Waals surface area contributed by atoms with Gasteiger partial charge < -0.3 is 16.0 Å². The molecule has 3 N–H and O–H groups in total. The van der Waals surface area contributed by atoms with Crippen molar-refractivity contribution in [3.8, 4) is 10.6 Å². The van der Waals surface area contributed by atoms with Crippen LogP contribution in [0.3, 0.4) is 0 Å². The summed E-state index contributed by atoms with van der Waals surface area (Å²) in [6.07, 6.45) is 5.77. The number of piperidine rings is 1. The number of carbonyl (C=O) groups excluding carboxylic acids is 2. The van der Waals surface area contributed by atoms with Crippen LogP contribution < -0.4 is 11.1 Å². The molecule has 8 heteroatoms. The first-order chi connectivity index (χ1) is 12.1. The van der Waals surface area contributed by atoms with Gasteiger partial charge in [0.15, 0.2) is 0 Å². The van der Waals surface area contributed by atoms with Crippen molar-refractivity contribution in [2.75, 3.05) is 19.6 Å². The number of likely N-dealkylation sites (tertiary alicyclic amines) is 1. The number of urea groups is 1. The van der Waals surface area contributed by atoms with Gasteiger partial charge in [0.2, 0.25) is 5.91 Å². The maximum Gasteiger partial charge on any atom is 0.314 e. The van der Waals surface area contributed by atoms with Gasteiger partial charge in [-0.05, 0) is 25.0 Å². The minimum Gasteiger partial charge on any atom is -0.355 e. The Morgan fingerprint density at radius 1 is 1.36 bits per heavy atom. The van der Waals surface area contributed by atoms with Crippen LogP contribution in [0.25, 0.3) is 10.6 Å². The summed E-state index contributed by atoms with van der Waals surface area (Å²) in [4.78, 5) is 33.7. The van der Waals surface area contributed by atoms with E-state index in [9.17, 15) is 9.59 Å². The average molecular weight is 359 g/mol. The molecule has 2 aromatic rings. The highest BCUT2D eigenvalue weighted by Gasteiger charge is 2.27. The van der Waals surface area contributed by atoms with Crippen molar-refractivity contribution in [2.24, 2.45) is 11.7 Å². The van der Waals surface area contributed by atoms with Gasteiger partial charge >= 0.3 is 6.03 Å². The van der Waals surface area contributed by atoms with Gasteiger partial charge in [-0.2, -0.15) is 0 Å². The molecule has 0 spiro atoms. The molecular weight excluding hydrogens is 338 g/mol. The number of rotatable bonds is 5. The first-order valence-corrected chi connectivity index (χ1v) is 9.18. The quantitative estimate of drug-likeness (QED) is 0.847. The van der Waals surface area contributed by atoms with E-state index in [0.29, 0.717) is 26.1 Å².